The van der Waals surface area contributed by atoms with Gasteiger partial charge in [0.1, 0.15) is 41.2 Å². The predicted octanol–water partition coefficient (Wildman–Crippen LogP) is 6.01. The van der Waals surface area contributed by atoms with E-state index in [9.17, 15) is 40.8 Å². The van der Waals surface area contributed by atoms with Crippen LogP contribution in [0.2, 0.25) is 0 Å². The Morgan fingerprint density at radius 2 is 1.78 bits per heavy atom. The van der Waals surface area contributed by atoms with Crippen LogP contribution in [0.1, 0.15) is 116 Å². The summed E-state index contributed by atoms with van der Waals surface area (Å²) in [7, 11) is -4.10. The van der Waals surface area contributed by atoms with Crippen molar-refractivity contribution in [3.8, 4) is 11.5 Å². The molecule has 3 N–H and O–H groups in total. The number of aryl methyl sites for hydroxylation is 1. The molecule has 64 heavy (non-hydrogen) atoms. The van der Waals surface area contributed by atoms with Crippen LogP contribution >= 0.6 is 0 Å². The molecule has 2 saturated heterocycles. The number of carbonyl (C=O) groups excluding carboxylic acids is 4. The second-order valence-electron chi connectivity index (χ2n) is 19.1. The highest BCUT2D eigenvalue weighted by Crippen LogP contribution is 2.51. The van der Waals surface area contributed by atoms with Gasteiger partial charge < -0.3 is 34.5 Å². The highest BCUT2D eigenvalue weighted by atomic mass is 32.2. The monoisotopic (exact) mass is 917 g/mol. The van der Waals surface area contributed by atoms with Crippen LogP contribution in [-0.4, -0.2) is 102 Å². The molecule has 1 spiro atoms. The van der Waals surface area contributed by atoms with Gasteiger partial charge in [0.05, 0.1) is 30.0 Å². The number of fused-ring (bicyclic) bond motifs is 5. The topological polar surface area (TPSA) is 192 Å². The van der Waals surface area contributed by atoms with E-state index in [1.165, 1.54) is 17.9 Å². The number of sulfonamides is 1. The van der Waals surface area contributed by atoms with E-state index in [0.717, 1.165) is 0 Å². The van der Waals surface area contributed by atoms with Crippen LogP contribution in [-0.2, 0) is 46.5 Å². The first kappa shape index (κ1) is 45.9. The Bertz CT molecular complexity index is 2320. The second-order valence-corrected chi connectivity index (χ2v) is 21.3. The van der Waals surface area contributed by atoms with Crippen molar-refractivity contribution >= 4 is 44.7 Å². The molecule has 4 aliphatic heterocycles. The van der Waals surface area contributed by atoms with Crippen molar-refractivity contribution < 1.29 is 59.7 Å². The third-order valence-electron chi connectivity index (χ3n) is 14.0. The highest BCUT2D eigenvalue weighted by molar-refractivity contribution is 7.91. The summed E-state index contributed by atoms with van der Waals surface area (Å²) in [6.45, 7) is 7.73. The third-order valence-corrected chi connectivity index (χ3v) is 16.2. The van der Waals surface area contributed by atoms with Crippen LogP contribution in [0.3, 0.4) is 0 Å². The summed E-state index contributed by atoms with van der Waals surface area (Å²) in [6.07, 6.45) is 1.94. The summed E-state index contributed by atoms with van der Waals surface area (Å²) in [5.74, 6) is -3.04. The minimum atomic E-state index is -4.95. The van der Waals surface area contributed by atoms with Gasteiger partial charge in [-0.25, -0.2) is 18.2 Å². The van der Waals surface area contributed by atoms with Gasteiger partial charge in [0.15, 0.2) is 11.4 Å². The van der Waals surface area contributed by atoms with Crippen LogP contribution < -0.4 is 24.8 Å². The molecule has 0 radical (unpaired) electrons. The van der Waals surface area contributed by atoms with Gasteiger partial charge in [-0.2, -0.15) is 13.2 Å². The number of hydrogen-bond acceptors (Lipinski definition) is 11. The fraction of sp³-hybridized carbons (Fsp3) is 0.667. The Morgan fingerprint density at radius 1 is 1.03 bits per heavy atom. The molecule has 6 aliphatic rings. The molecule has 4 fully saturated rings. The van der Waals surface area contributed by atoms with Crippen molar-refractivity contribution in [1.82, 2.24) is 25.2 Å². The van der Waals surface area contributed by atoms with E-state index in [4.69, 9.17) is 18.9 Å². The average Bonchev–Trinajstić information content (AvgIpc) is 4.13. The van der Waals surface area contributed by atoms with Crippen molar-refractivity contribution in [3.63, 3.8) is 0 Å². The van der Waals surface area contributed by atoms with E-state index in [1.54, 1.807) is 25.1 Å². The smallest absolute Gasteiger partial charge is 0.437 e. The Hall–Kier alpha value is -4.65. The molecule has 0 bridgehead atoms. The highest BCUT2D eigenvalue weighted by Gasteiger charge is 2.64. The van der Waals surface area contributed by atoms with E-state index in [2.05, 4.69) is 20.3 Å². The first-order valence-electron chi connectivity index (χ1n) is 22.5. The maximum absolute atomic E-state index is 15.0. The minimum Gasteiger partial charge on any atom is -0.490 e. The van der Waals surface area contributed by atoms with Crippen LogP contribution in [0.5, 0.6) is 11.5 Å². The quantitative estimate of drug-likeness (QED) is 0.263. The van der Waals surface area contributed by atoms with E-state index < -0.39 is 91.5 Å². The number of nitrogens with zero attached hydrogens (tertiary/aromatic N) is 2. The lowest BCUT2D eigenvalue weighted by atomic mass is 9.87. The molecule has 2 aliphatic carbocycles. The number of pyridine rings is 1. The first-order valence-corrected chi connectivity index (χ1v) is 24.0. The number of allylic oxidation sites excluding steroid dienone is 1. The van der Waals surface area contributed by atoms with Gasteiger partial charge in [-0.1, -0.05) is 38.8 Å². The van der Waals surface area contributed by atoms with E-state index in [1.807, 2.05) is 19.9 Å². The number of benzene rings is 1. The Kier molecular flexibility index (Phi) is 12.4. The number of alkyl halides is 3. The lowest BCUT2D eigenvalue weighted by molar-refractivity contribution is -0.144. The van der Waals surface area contributed by atoms with Crippen LogP contribution in [0.25, 0.3) is 10.9 Å². The Labute approximate surface area is 371 Å². The number of nitrogens with one attached hydrogen (secondary N) is 3. The standard InChI is InChI=1S/C45H58F3N5O10S/c1-26(2)27(3)61-41(57)50-34-11-9-7-5-6-8-10-28-23-44(28,40(56)52-64(58,59)42(4)18-19-42)51-38(54)35-24-43(25-53(35)39(34)55)17-14-31-32-22-30(62-29-15-20-60-21-16-29)12-13-33(32)49-37(36(31)63-43)45(46,47)48/h8,10,12-13,22,26-29,34-35H,5-7,9,11,14-21,23-25H2,1-4H3,(H,50,57)(H,51,54)(H,52,56). The van der Waals surface area contributed by atoms with Crippen molar-refractivity contribution in [2.24, 2.45) is 11.8 Å². The molecule has 19 heteroatoms. The average molecular weight is 918 g/mol. The zero-order chi connectivity index (χ0) is 45.8. The fourth-order valence-corrected chi connectivity index (χ4v) is 10.6. The summed E-state index contributed by atoms with van der Waals surface area (Å²) >= 11 is 0. The molecule has 1 aromatic heterocycles. The fourth-order valence-electron chi connectivity index (χ4n) is 9.24. The molecule has 4 amide bonds. The van der Waals surface area contributed by atoms with Gasteiger partial charge in [-0.15, -0.1) is 0 Å². The lowest BCUT2D eigenvalue weighted by Gasteiger charge is -2.37. The van der Waals surface area contributed by atoms with Gasteiger partial charge in [-0.3, -0.25) is 19.1 Å². The van der Waals surface area contributed by atoms with Gasteiger partial charge in [0, 0.05) is 36.1 Å². The molecular formula is C45H58F3N5O10S. The zero-order valence-electron chi connectivity index (χ0n) is 36.7. The molecule has 15 nitrogen and oxygen atoms in total. The molecule has 8 rings (SSSR count). The maximum Gasteiger partial charge on any atom is 0.437 e. The first-order chi connectivity index (χ1) is 30.2. The molecule has 6 unspecified atom stereocenters. The number of halogens is 3. The summed E-state index contributed by atoms with van der Waals surface area (Å²) in [6, 6.07) is 2.16. The zero-order valence-corrected chi connectivity index (χ0v) is 37.5. The van der Waals surface area contributed by atoms with Gasteiger partial charge >= 0.3 is 12.3 Å². The summed E-state index contributed by atoms with van der Waals surface area (Å²) in [5, 5.41) is 5.94. The number of alkyl carbamates (subject to hydrolysis) is 1. The number of ether oxygens (including phenoxy) is 4. The SMILES string of the molecule is CC(C)C(C)OC(=O)NC1CCCCCC=CC2CC2(C(=O)NS(=O)(=O)C2(C)CC2)NC(=O)C2CC3(CCc4c(c(C(F)(F)F)nc5ccc(OC6CCOCC6)cc45)O3)CN2C1=O. The van der Waals surface area contributed by atoms with Gasteiger partial charge in [0.2, 0.25) is 21.8 Å². The van der Waals surface area contributed by atoms with E-state index in [-0.39, 0.29) is 61.8 Å². The number of carbonyl (C=O) groups is 4. The number of aromatic nitrogens is 1. The lowest BCUT2D eigenvalue weighted by Crippen LogP contribution is -2.58. The molecule has 350 valence electrons. The molecule has 6 atom stereocenters. The summed E-state index contributed by atoms with van der Waals surface area (Å²) in [4.78, 5) is 62.2. The Morgan fingerprint density at radius 3 is 2.48 bits per heavy atom. The van der Waals surface area contributed by atoms with Crippen molar-refractivity contribution in [2.75, 3.05) is 19.8 Å². The van der Waals surface area contributed by atoms with E-state index in [0.29, 0.717) is 75.7 Å². The van der Waals surface area contributed by atoms with E-state index >= 15 is 0 Å². The van der Waals surface area contributed by atoms with Crippen LogP contribution in [0, 0.1) is 11.8 Å². The molecule has 5 heterocycles. The number of rotatable bonds is 8. The third kappa shape index (κ3) is 9.24. The van der Waals surface area contributed by atoms with Crippen molar-refractivity contribution in [3.05, 3.63) is 41.6 Å². The summed E-state index contributed by atoms with van der Waals surface area (Å²) < 4.78 is 96.3. The van der Waals surface area contributed by atoms with Crippen LogP contribution in [0.15, 0.2) is 30.4 Å². The maximum atomic E-state index is 15.0. The number of hydrogen-bond donors (Lipinski definition) is 3. The molecule has 2 saturated carbocycles. The summed E-state index contributed by atoms with van der Waals surface area (Å²) in [5.41, 5.74) is -4.11. The van der Waals surface area contributed by atoms with Crippen molar-refractivity contribution in [2.45, 2.75) is 158 Å². The predicted molar refractivity (Wildman–Crippen MR) is 227 cm³/mol. The minimum absolute atomic E-state index is 0.0301. The second kappa shape index (κ2) is 17.3. The molecular weight excluding hydrogens is 860 g/mol. The molecule has 1 aromatic carbocycles. The largest absolute Gasteiger partial charge is 0.490 e. The number of amides is 4. The van der Waals surface area contributed by atoms with Gasteiger partial charge in [-0.05, 0) is 89.3 Å². The van der Waals surface area contributed by atoms with Crippen LogP contribution in [0.4, 0.5) is 18.0 Å². The normalized spacial score (nSPS) is 29.0. The molecule has 2 aromatic rings. The van der Waals surface area contributed by atoms with Gasteiger partial charge in [0.25, 0.3) is 5.91 Å². The van der Waals surface area contributed by atoms with Crippen molar-refractivity contribution in [1.29, 1.82) is 0 Å². The Balaban J connectivity index is 1.15.